The summed E-state index contributed by atoms with van der Waals surface area (Å²) >= 11 is 0. The largest absolute Gasteiger partial charge is 0.338 e. The third-order valence-electron chi connectivity index (χ3n) is 3.32. The van der Waals surface area contributed by atoms with E-state index in [4.69, 9.17) is 4.52 Å². The summed E-state index contributed by atoms with van der Waals surface area (Å²) in [5, 5.41) is 8.06. The highest BCUT2D eigenvalue weighted by atomic mass is 32.2. The van der Waals surface area contributed by atoms with E-state index >= 15 is 0 Å². The van der Waals surface area contributed by atoms with Gasteiger partial charge in [0.1, 0.15) is 5.75 Å². The molecule has 2 aromatic heterocycles. The molecule has 0 bridgehead atoms. The van der Waals surface area contributed by atoms with Gasteiger partial charge < -0.3 is 4.52 Å². The van der Waals surface area contributed by atoms with Crippen LogP contribution in [0.2, 0.25) is 0 Å². The van der Waals surface area contributed by atoms with Crippen LogP contribution >= 0.6 is 0 Å². The second-order valence-corrected chi connectivity index (χ2v) is 7.00. The molecule has 0 aliphatic rings. The van der Waals surface area contributed by atoms with Crippen molar-refractivity contribution in [1.82, 2.24) is 19.9 Å². The molecule has 3 aromatic rings. The Kier molecular flexibility index (Phi) is 4.66. The Bertz CT molecular complexity index is 779. The first kappa shape index (κ1) is 15.6. The molecule has 0 aliphatic heterocycles. The smallest absolute Gasteiger partial charge is 0.239 e. The molecule has 1 atom stereocenters. The molecule has 0 amide bonds. The lowest BCUT2D eigenvalue weighted by Gasteiger charge is -2.04. The molecule has 0 spiro atoms. The minimum Gasteiger partial charge on any atom is -0.338 e. The van der Waals surface area contributed by atoms with Crippen LogP contribution < -0.4 is 0 Å². The maximum atomic E-state index is 12.2. The zero-order chi connectivity index (χ0) is 16.2. The van der Waals surface area contributed by atoms with E-state index in [1.807, 2.05) is 50.4 Å². The van der Waals surface area contributed by atoms with Crippen LogP contribution in [-0.2, 0) is 22.3 Å². The van der Waals surface area contributed by atoms with Crippen molar-refractivity contribution in [2.24, 2.45) is 0 Å². The van der Waals surface area contributed by atoms with Gasteiger partial charge in [-0.05, 0) is 23.8 Å². The number of rotatable bonds is 6. The first-order chi connectivity index (χ1) is 11.1. The van der Waals surface area contributed by atoms with E-state index in [2.05, 4.69) is 15.2 Å². The zero-order valence-corrected chi connectivity index (χ0v) is 13.9. The molecule has 1 aromatic carbocycles. The van der Waals surface area contributed by atoms with Gasteiger partial charge in [-0.15, -0.1) is 0 Å². The molecular formula is C16H18N4O2S. The second-order valence-electron chi connectivity index (χ2n) is 5.55. The van der Waals surface area contributed by atoms with Crippen LogP contribution in [0.25, 0.3) is 5.69 Å². The highest BCUT2D eigenvalue weighted by molar-refractivity contribution is 7.83. The number of hydrogen-bond acceptors (Lipinski definition) is 5. The zero-order valence-electron chi connectivity index (χ0n) is 13.0. The summed E-state index contributed by atoms with van der Waals surface area (Å²) in [5.74, 6) is 2.02. The number of nitrogens with zero attached hydrogens (tertiary/aromatic N) is 4. The third kappa shape index (κ3) is 3.92. The van der Waals surface area contributed by atoms with E-state index in [-0.39, 0.29) is 11.7 Å². The van der Waals surface area contributed by atoms with E-state index < -0.39 is 10.8 Å². The fraction of sp³-hybridized carbons (Fsp3) is 0.312. The molecule has 7 heteroatoms. The molecule has 120 valence electrons. The molecule has 0 aliphatic carbocycles. The number of benzene rings is 1. The number of aromatic nitrogens is 4. The molecule has 1 unspecified atom stereocenters. The molecule has 0 saturated heterocycles. The van der Waals surface area contributed by atoms with Gasteiger partial charge in [0.2, 0.25) is 5.89 Å². The van der Waals surface area contributed by atoms with Crippen molar-refractivity contribution >= 4 is 10.8 Å². The first-order valence-electron chi connectivity index (χ1n) is 7.38. The fourth-order valence-electron chi connectivity index (χ4n) is 2.10. The van der Waals surface area contributed by atoms with E-state index in [9.17, 15) is 4.21 Å². The van der Waals surface area contributed by atoms with Crippen molar-refractivity contribution in [3.05, 3.63) is 60.0 Å². The van der Waals surface area contributed by atoms with Crippen LogP contribution in [0.1, 0.15) is 37.0 Å². The summed E-state index contributed by atoms with van der Waals surface area (Å²) in [6, 6.07) is 9.72. The minimum absolute atomic E-state index is 0.204. The normalized spacial score (nSPS) is 12.7. The lowest BCUT2D eigenvalue weighted by molar-refractivity contribution is 0.382. The second kappa shape index (κ2) is 6.87. The van der Waals surface area contributed by atoms with Crippen LogP contribution in [0.15, 0.2) is 47.2 Å². The maximum Gasteiger partial charge on any atom is 0.239 e. The van der Waals surface area contributed by atoms with Crippen LogP contribution in [0.4, 0.5) is 0 Å². The van der Waals surface area contributed by atoms with Gasteiger partial charge in [-0.1, -0.05) is 31.1 Å². The average molecular weight is 330 g/mol. The van der Waals surface area contributed by atoms with Gasteiger partial charge in [-0.2, -0.15) is 10.1 Å². The molecule has 6 nitrogen and oxygen atoms in total. The average Bonchev–Trinajstić information content (AvgIpc) is 3.19. The van der Waals surface area contributed by atoms with Crippen LogP contribution in [0, 0.1) is 0 Å². The third-order valence-corrected chi connectivity index (χ3v) is 4.54. The summed E-state index contributed by atoms with van der Waals surface area (Å²) in [6.07, 6.45) is 3.62. The molecule has 0 saturated carbocycles. The van der Waals surface area contributed by atoms with Crippen molar-refractivity contribution in [1.29, 1.82) is 0 Å². The fourth-order valence-corrected chi connectivity index (χ4v) is 3.16. The van der Waals surface area contributed by atoms with Gasteiger partial charge in [0.15, 0.2) is 5.82 Å². The van der Waals surface area contributed by atoms with Crippen molar-refractivity contribution in [3.63, 3.8) is 0 Å². The maximum absolute atomic E-state index is 12.2. The highest BCUT2D eigenvalue weighted by Crippen LogP contribution is 2.14. The van der Waals surface area contributed by atoms with Crippen molar-refractivity contribution in [3.8, 4) is 5.69 Å². The Morgan fingerprint density at radius 1 is 1.22 bits per heavy atom. The van der Waals surface area contributed by atoms with Crippen LogP contribution in [0.5, 0.6) is 0 Å². The van der Waals surface area contributed by atoms with Crippen molar-refractivity contribution in [2.45, 2.75) is 31.3 Å². The summed E-state index contributed by atoms with van der Waals surface area (Å²) in [5.41, 5.74) is 1.98. The Morgan fingerprint density at radius 2 is 2.00 bits per heavy atom. The molecule has 0 N–H and O–H groups in total. The van der Waals surface area contributed by atoms with Gasteiger partial charge in [-0.25, -0.2) is 4.68 Å². The van der Waals surface area contributed by atoms with Crippen LogP contribution in [-0.4, -0.2) is 24.1 Å². The molecule has 2 heterocycles. The van der Waals surface area contributed by atoms with E-state index in [0.717, 1.165) is 11.3 Å². The number of hydrogen-bond donors (Lipinski definition) is 0. The Balaban J connectivity index is 1.61. The van der Waals surface area contributed by atoms with Gasteiger partial charge in [0.25, 0.3) is 0 Å². The van der Waals surface area contributed by atoms with Gasteiger partial charge in [0, 0.05) is 34.9 Å². The molecule has 0 radical (unpaired) electrons. The predicted molar refractivity (Wildman–Crippen MR) is 87.5 cm³/mol. The van der Waals surface area contributed by atoms with E-state index in [1.54, 1.807) is 10.9 Å². The van der Waals surface area contributed by atoms with E-state index in [1.165, 1.54) is 0 Å². The summed E-state index contributed by atoms with van der Waals surface area (Å²) in [4.78, 5) is 4.26. The standard InChI is InChI=1S/C16H18N4O2S/c1-12(2)16-18-15(22-19-16)11-23(21)10-13-4-6-14(7-5-13)20-9-3-8-17-20/h3-9,12H,10-11H2,1-2H3. The molecule has 0 fully saturated rings. The molecular weight excluding hydrogens is 312 g/mol. The molecule has 23 heavy (non-hydrogen) atoms. The highest BCUT2D eigenvalue weighted by Gasteiger charge is 2.12. The predicted octanol–water partition coefficient (Wildman–Crippen LogP) is 2.83. The van der Waals surface area contributed by atoms with E-state index in [0.29, 0.717) is 17.5 Å². The monoisotopic (exact) mass is 330 g/mol. The summed E-state index contributed by atoms with van der Waals surface area (Å²) in [7, 11) is -1.08. The quantitative estimate of drug-likeness (QED) is 0.695. The topological polar surface area (TPSA) is 73.8 Å². The van der Waals surface area contributed by atoms with Gasteiger partial charge in [-0.3, -0.25) is 4.21 Å². The van der Waals surface area contributed by atoms with Gasteiger partial charge in [0.05, 0.1) is 5.69 Å². The first-order valence-corrected chi connectivity index (χ1v) is 8.87. The Hall–Kier alpha value is -2.28. The van der Waals surface area contributed by atoms with Gasteiger partial charge >= 0.3 is 0 Å². The Morgan fingerprint density at radius 3 is 2.61 bits per heavy atom. The van der Waals surface area contributed by atoms with Crippen molar-refractivity contribution in [2.75, 3.05) is 0 Å². The van der Waals surface area contributed by atoms with Crippen LogP contribution in [0.3, 0.4) is 0 Å². The lowest BCUT2D eigenvalue weighted by Crippen LogP contribution is -2.01. The summed E-state index contributed by atoms with van der Waals surface area (Å²) in [6.45, 7) is 3.99. The Labute approximate surface area is 137 Å². The lowest BCUT2D eigenvalue weighted by atomic mass is 10.2. The van der Waals surface area contributed by atoms with Crippen molar-refractivity contribution < 1.29 is 8.73 Å². The SMILES string of the molecule is CC(C)c1noc(CS(=O)Cc2ccc(-n3cccn3)cc2)n1. The summed E-state index contributed by atoms with van der Waals surface area (Å²) < 4.78 is 19.2. The molecule has 3 rings (SSSR count). The minimum atomic E-state index is -1.08.